The van der Waals surface area contributed by atoms with Gasteiger partial charge in [0.25, 0.3) is 5.91 Å². The van der Waals surface area contributed by atoms with Gasteiger partial charge in [-0.2, -0.15) is 0 Å². The van der Waals surface area contributed by atoms with Crippen molar-refractivity contribution in [1.82, 2.24) is 10.6 Å². The lowest BCUT2D eigenvalue weighted by atomic mass is 10.2. The molecule has 3 N–H and O–H groups in total. The Hall–Kier alpha value is -2.60. The molecule has 2 aromatic carbocycles. The summed E-state index contributed by atoms with van der Waals surface area (Å²) in [6.45, 7) is 0.378. The van der Waals surface area contributed by atoms with Crippen LogP contribution in [0.1, 0.15) is 10.4 Å². The molecule has 5 nitrogen and oxygen atoms in total. The molecule has 0 saturated heterocycles. The van der Waals surface area contributed by atoms with Gasteiger partial charge in [-0.15, -0.1) is 0 Å². The summed E-state index contributed by atoms with van der Waals surface area (Å²) in [6, 6.07) is 12.0. The van der Waals surface area contributed by atoms with E-state index >= 15 is 0 Å². The van der Waals surface area contributed by atoms with Crippen molar-refractivity contribution in [3.8, 4) is 0 Å². The molecule has 0 bridgehead atoms. The molecule has 2 aromatic rings. The van der Waals surface area contributed by atoms with Gasteiger partial charge in [-0.05, 0) is 30.3 Å². The van der Waals surface area contributed by atoms with Crippen molar-refractivity contribution in [3.05, 3.63) is 64.9 Å². The van der Waals surface area contributed by atoms with Crippen LogP contribution in [0, 0.1) is 5.82 Å². The Balaban J connectivity index is 1.72. The molecule has 0 aliphatic heterocycles. The molecule has 0 unspecified atom stereocenters. The van der Waals surface area contributed by atoms with Crippen LogP contribution >= 0.6 is 11.6 Å². The molecule has 0 spiro atoms. The van der Waals surface area contributed by atoms with E-state index in [9.17, 15) is 14.0 Å². The van der Waals surface area contributed by atoms with E-state index < -0.39 is 17.8 Å². The zero-order chi connectivity index (χ0) is 16.7. The van der Waals surface area contributed by atoms with Crippen molar-refractivity contribution in [1.29, 1.82) is 0 Å². The quantitative estimate of drug-likeness (QED) is 0.735. The average molecular weight is 336 g/mol. The Morgan fingerprint density at radius 1 is 1.00 bits per heavy atom. The van der Waals surface area contributed by atoms with Crippen LogP contribution < -0.4 is 16.0 Å². The molecular weight excluding hydrogens is 321 g/mol. The molecule has 2 rings (SSSR count). The van der Waals surface area contributed by atoms with Crippen LogP contribution in [0.25, 0.3) is 0 Å². The lowest BCUT2D eigenvalue weighted by Gasteiger charge is -2.09. The van der Waals surface area contributed by atoms with Crippen molar-refractivity contribution in [3.63, 3.8) is 0 Å². The van der Waals surface area contributed by atoms with E-state index in [4.69, 9.17) is 11.6 Å². The second kappa shape index (κ2) is 8.14. The van der Waals surface area contributed by atoms with Crippen LogP contribution in [-0.2, 0) is 0 Å². The fourth-order valence-corrected chi connectivity index (χ4v) is 2.02. The maximum absolute atomic E-state index is 13.4. The number of carbonyl (C=O) groups excluding carboxylic acids is 2. The zero-order valence-electron chi connectivity index (χ0n) is 12.1. The smallest absolute Gasteiger partial charge is 0.319 e. The number of nitrogens with one attached hydrogen (secondary N) is 3. The molecule has 0 saturated carbocycles. The lowest BCUT2D eigenvalue weighted by Crippen LogP contribution is -2.37. The van der Waals surface area contributed by atoms with Crippen LogP contribution in [0.5, 0.6) is 0 Å². The first-order valence-corrected chi connectivity index (χ1v) is 7.27. The minimum Gasteiger partial charge on any atom is -0.350 e. The molecule has 0 aliphatic carbocycles. The van der Waals surface area contributed by atoms with Crippen LogP contribution in [0.4, 0.5) is 14.9 Å². The van der Waals surface area contributed by atoms with Gasteiger partial charge in [-0.25, -0.2) is 9.18 Å². The largest absolute Gasteiger partial charge is 0.350 e. The van der Waals surface area contributed by atoms with Crippen molar-refractivity contribution in [2.75, 3.05) is 18.4 Å². The summed E-state index contributed by atoms with van der Waals surface area (Å²) in [5.41, 5.74) is 0.529. The molecule has 7 heteroatoms. The maximum atomic E-state index is 13.4. The van der Waals surface area contributed by atoms with E-state index in [0.717, 1.165) is 0 Å². The Kier molecular flexibility index (Phi) is 5.94. The molecule has 0 aliphatic rings. The topological polar surface area (TPSA) is 70.2 Å². The van der Waals surface area contributed by atoms with Crippen molar-refractivity contribution >= 4 is 29.2 Å². The highest BCUT2D eigenvalue weighted by atomic mass is 35.5. The number of halogens is 2. The van der Waals surface area contributed by atoms with Gasteiger partial charge in [-0.3, -0.25) is 4.79 Å². The predicted octanol–water partition coefficient (Wildman–Crippen LogP) is 3.03. The van der Waals surface area contributed by atoms with Crippen LogP contribution in [0.2, 0.25) is 5.02 Å². The number of anilines is 1. The maximum Gasteiger partial charge on any atom is 0.319 e. The van der Waals surface area contributed by atoms with Crippen molar-refractivity contribution in [2.24, 2.45) is 0 Å². The predicted molar refractivity (Wildman–Crippen MR) is 87.2 cm³/mol. The van der Waals surface area contributed by atoms with E-state index in [1.807, 2.05) is 0 Å². The summed E-state index contributed by atoms with van der Waals surface area (Å²) in [4.78, 5) is 23.4. The summed E-state index contributed by atoms with van der Waals surface area (Å²) in [5.74, 6) is -1.11. The first kappa shape index (κ1) is 16.8. The van der Waals surface area contributed by atoms with Crippen LogP contribution in [0.15, 0.2) is 48.5 Å². The molecule has 0 aromatic heterocycles. The van der Waals surface area contributed by atoms with Crippen molar-refractivity contribution < 1.29 is 14.0 Å². The normalized spacial score (nSPS) is 10.0. The minimum atomic E-state index is -0.586. The zero-order valence-corrected chi connectivity index (χ0v) is 12.9. The Labute approximate surface area is 137 Å². The average Bonchev–Trinajstić information content (AvgIpc) is 2.52. The van der Waals surface area contributed by atoms with Gasteiger partial charge < -0.3 is 16.0 Å². The SMILES string of the molecule is O=C(NCCNC(=O)c1ccccc1F)Nc1cccc(Cl)c1. The summed E-state index contributed by atoms with van der Waals surface area (Å²) in [5, 5.41) is 8.21. The first-order valence-electron chi connectivity index (χ1n) is 6.89. The third-order valence-corrected chi connectivity index (χ3v) is 3.13. The summed E-state index contributed by atoms with van der Waals surface area (Å²) in [6.07, 6.45) is 0. The Morgan fingerprint density at radius 3 is 2.48 bits per heavy atom. The second-order valence-electron chi connectivity index (χ2n) is 4.63. The molecule has 23 heavy (non-hydrogen) atoms. The van der Waals surface area contributed by atoms with Gasteiger partial charge in [-0.1, -0.05) is 29.8 Å². The molecule has 0 fully saturated rings. The Bertz CT molecular complexity index is 709. The van der Waals surface area contributed by atoms with E-state index in [-0.39, 0.29) is 18.7 Å². The van der Waals surface area contributed by atoms with Gasteiger partial charge in [0.2, 0.25) is 0 Å². The minimum absolute atomic E-state index is 0.0316. The summed E-state index contributed by atoms with van der Waals surface area (Å²) < 4.78 is 13.4. The highest BCUT2D eigenvalue weighted by Gasteiger charge is 2.09. The van der Waals surface area contributed by atoms with Crippen LogP contribution in [0.3, 0.4) is 0 Å². The van der Waals surface area contributed by atoms with E-state index in [1.165, 1.54) is 18.2 Å². The number of benzene rings is 2. The van der Waals surface area contributed by atoms with Gasteiger partial charge >= 0.3 is 6.03 Å². The van der Waals surface area contributed by atoms with Crippen LogP contribution in [-0.4, -0.2) is 25.0 Å². The van der Waals surface area contributed by atoms with E-state index in [2.05, 4.69) is 16.0 Å². The molecular formula is C16H15ClFN3O2. The standard InChI is InChI=1S/C16H15ClFN3O2/c17-11-4-3-5-12(10-11)21-16(23)20-9-8-19-15(22)13-6-1-2-7-14(13)18/h1-7,10H,8-9H2,(H,19,22)(H2,20,21,23). The molecule has 0 radical (unpaired) electrons. The summed E-state index contributed by atoms with van der Waals surface area (Å²) >= 11 is 5.81. The van der Waals surface area contributed by atoms with E-state index in [0.29, 0.717) is 10.7 Å². The summed E-state index contributed by atoms with van der Waals surface area (Å²) in [7, 11) is 0. The van der Waals surface area contributed by atoms with Gasteiger partial charge in [0.05, 0.1) is 5.56 Å². The number of rotatable bonds is 5. The van der Waals surface area contributed by atoms with Crippen molar-refractivity contribution in [2.45, 2.75) is 0 Å². The molecule has 120 valence electrons. The molecule has 0 heterocycles. The first-order chi connectivity index (χ1) is 11.1. The third kappa shape index (κ3) is 5.27. The highest BCUT2D eigenvalue weighted by Crippen LogP contribution is 2.14. The second-order valence-corrected chi connectivity index (χ2v) is 5.06. The monoisotopic (exact) mass is 335 g/mol. The molecule has 0 atom stereocenters. The third-order valence-electron chi connectivity index (χ3n) is 2.90. The highest BCUT2D eigenvalue weighted by molar-refractivity contribution is 6.30. The van der Waals surface area contributed by atoms with E-state index in [1.54, 1.807) is 30.3 Å². The van der Waals surface area contributed by atoms with Gasteiger partial charge in [0, 0.05) is 23.8 Å². The lowest BCUT2D eigenvalue weighted by molar-refractivity contribution is 0.0950. The number of amides is 3. The van der Waals surface area contributed by atoms with Gasteiger partial charge in [0.15, 0.2) is 0 Å². The van der Waals surface area contributed by atoms with Gasteiger partial charge in [0.1, 0.15) is 5.82 Å². The number of carbonyl (C=O) groups is 2. The number of hydrogen-bond donors (Lipinski definition) is 3. The fourth-order valence-electron chi connectivity index (χ4n) is 1.83. The number of hydrogen-bond acceptors (Lipinski definition) is 2. The molecule has 3 amide bonds. The fraction of sp³-hybridized carbons (Fsp3) is 0.125. The Morgan fingerprint density at radius 2 is 1.74 bits per heavy atom. The number of urea groups is 1.